The van der Waals surface area contributed by atoms with E-state index < -0.39 is 52.5 Å². The Kier molecular flexibility index (Phi) is 5.54. The monoisotopic (exact) mass is 362 g/mol. The fourth-order valence-corrected chi connectivity index (χ4v) is 3.33. The molecule has 7 heteroatoms. The van der Waals surface area contributed by atoms with Crippen LogP contribution in [-0.4, -0.2) is 13.1 Å². The number of rotatable bonds is 4. The zero-order valence-electron chi connectivity index (χ0n) is 14.2. The average molecular weight is 362 g/mol. The number of hydrogen-bond acceptors (Lipinski definition) is 2. The Hall–Kier alpha value is -1.92. The second-order valence-electron chi connectivity index (χ2n) is 6.66. The van der Waals surface area contributed by atoms with Gasteiger partial charge < -0.3 is 4.74 Å². The Morgan fingerprint density at radius 2 is 1.64 bits per heavy atom. The summed E-state index contributed by atoms with van der Waals surface area (Å²) in [5, 5.41) is 0. The van der Waals surface area contributed by atoms with Gasteiger partial charge >= 0.3 is 5.97 Å². The number of benzene rings is 1. The average Bonchev–Trinajstić information content (AvgIpc) is 2.61. The van der Waals surface area contributed by atoms with Gasteiger partial charge in [-0.25, -0.2) is 22.0 Å². The van der Waals surface area contributed by atoms with Crippen LogP contribution < -0.4 is 0 Å². The van der Waals surface area contributed by atoms with Crippen LogP contribution in [-0.2, 0) is 16.0 Å². The molecule has 0 radical (unpaired) electrons. The Balaban J connectivity index is 2.51. The molecule has 0 spiro atoms. The molecule has 0 amide bonds. The van der Waals surface area contributed by atoms with E-state index in [2.05, 4.69) is 0 Å². The molecule has 0 fully saturated rings. The van der Waals surface area contributed by atoms with Crippen LogP contribution in [0.15, 0.2) is 11.6 Å². The maximum Gasteiger partial charge on any atom is 0.312 e. The van der Waals surface area contributed by atoms with Gasteiger partial charge in [-0.1, -0.05) is 11.6 Å². The molecule has 0 N–H and O–H groups in total. The Bertz CT molecular complexity index is 700. The highest BCUT2D eigenvalue weighted by Gasteiger charge is 2.44. The van der Waals surface area contributed by atoms with Crippen molar-refractivity contribution in [3.63, 3.8) is 0 Å². The summed E-state index contributed by atoms with van der Waals surface area (Å²) in [7, 11) is 1.13. The first-order valence-electron chi connectivity index (χ1n) is 7.87. The van der Waals surface area contributed by atoms with Gasteiger partial charge in [-0.3, -0.25) is 4.79 Å². The molecule has 2 unspecified atom stereocenters. The fraction of sp³-hybridized carbons (Fsp3) is 0.500. The number of carbonyl (C=O) groups excluding carboxylic acids is 1. The van der Waals surface area contributed by atoms with Gasteiger partial charge in [0.1, 0.15) is 0 Å². The minimum absolute atomic E-state index is 0.335. The van der Waals surface area contributed by atoms with Crippen LogP contribution in [0.2, 0.25) is 0 Å². The van der Waals surface area contributed by atoms with Crippen LogP contribution in [0.4, 0.5) is 22.0 Å². The SMILES string of the molecule is COC(=O)C(C)(Cc1c(F)c(F)c(F)c(F)c1F)C1CC=C(C)CC1. The third-order valence-electron chi connectivity index (χ3n) is 5.04. The van der Waals surface area contributed by atoms with Crippen molar-refractivity contribution in [3.05, 3.63) is 46.3 Å². The number of halogens is 5. The number of carbonyl (C=O) groups is 1. The van der Waals surface area contributed by atoms with Crippen LogP contribution in [0.25, 0.3) is 0 Å². The summed E-state index contributed by atoms with van der Waals surface area (Å²) in [4.78, 5) is 12.3. The highest BCUT2D eigenvalue weighted by atomic mass is 19.2. The second-order valence-corrected chi connectivity index (χ2v) is 6.66. The summed E-state index contributed by atoms with van der Waals surface area (Å²) in [6, 6.07) is 0. The first-order chi connectivity index (χ1) is 11.6. The van der Waals surface area contributed by atoms with E-state index in [4.69, 9.17) is 4.74 Å². The van der Waals surface area contributed by atoms with Gasteiger partial charge in [-0.15, -0.1) is 0 Å². The summed E-state index contributed by atoms with van der Waals surface area (Å²) in [5.41, 5.74) is -1.28. The molecule has 0 saturated carbocycles. The van der Waals surface area contributed by atoms with E-state index >= 15 is 0 Å². The lowest BCUT2D eigenvalue weighted by Gasteiger charge is -2.37. The van der Waals surface area contributed by atoms with Gasteiger partial charge in [0, 0.05) is 5.56 Å². The van der Waals surface area contributed by atoms with Crippen LogP contribution in [0.1, 0.15) is 38.7 Å². The molecular weight excluding hydrogens is 343 g/mol. The van der Waals surface area contributed by atoms with Crippen molar-refractivity contribution < 1.29 is 31.5 Å². The number of esters is 1. The summed E-state index contributed by atoms with van der Waals surface area (Å²) < 4.78 is 73.0. The van der Waals surface area contributed by atoms with Crippen LogP contribution >= 0.6 is 0 Å². The molecule has 2 rings (SSSR count). The molecule has 0 bridgehead atoms. The summed E-state index contributed by atoms with van der Waals surface area (Å²) in [6.45, 7) is 3.37. The van der Waals surface area contributed by atoms with E-state index in [0.29, 0.717) is 19.3 Å². The lowest BCUT2D eigenvalue weighted by atomic mass is 9.67. The van der Waals surface area contributed by atoms with E-state index in [9.17, 15) is 26.7 Å². The Morgan fingerprint density at radius 1 is 1.12 bits per heavy atom. The third-order valence-corrected chi connectivity index (χ3v) is 5.04. The van der Waals surface area contributed by atoms with Crippen LogP contribution in [0, 0.1) is 40.4 Å². The van der Waals surface area contributed by atoms with Gasteiger partial charge in [-0.05, 0) is 45.4 Å². The zero-order chi connectivity index (χ0) is 18.9. The molecule has 1 aliphatic rings. The molecule has 138 valence electrons. The molecule has 0 aromatic heterocycles. The third kappa shape index (κ3) is 3.41. The number of hydrogen-bond donors (Lipinski definition) is 0. The van der Waals surface area contributed by atoms with Crippen molar-refractivity contribution in [3.8, 4) is 0 Å². The molecule has 0 aliphatic heterocycles. The molecular formula is C18H19F5O2. The lowest BCUT2D eigenvalue weighted by molar-refractivity contribution is -0.155. The van der Waals surface area contributed by atoms with Gasteiger partial charge in [0.2, 0.25) is 5.82 Å². The standard InChI is InChI=1S/C18H19F5O2/c1-9-4-6-10(7-5-9)18(2,17(24)25-3)8-11-12(19)14(21)16(23)15(22)13(11)20/h4,10H,5-8H2,1-3H3. The van der Waals surface area contributed by atoms with Crippen molar-refractivity contribution in [2.45, 2.75) is 39.5 Å². The topological polar surface area (TPSA) is 26.3 Å². The number of ether oxygens (including phenoxy) is 1. The van der Waals surface area contributed by atoms with Crippen molar-refractivity contribution in [2.24, 2.45) is 11.3 Å². The quantitative estimate of drug-likeness (QED) is 0.252. The number of allylic oxidation sites excluding steroid dienone is 2. The van der Waals surface area contributed by atoms with Gasteiger partial charge in [0.25, 0.3) is 0 Å². The highest BCUT2D eigenvalue weighted by Crippen LogP contribution is 2.42. The maximum absolute atomic E-state index is 14.0. The second kappa shape index (κ2) is 7.14. The number of methoxy groups -OCH3 is 1. The minimum Gasteiger partial charge on any atom is -0.469 e. The molecule has 2 nitrogen and oxygen atoms in total. The van der Waals surface area contributed by atoms with Crippen molar-refractivity contribution >= 4 is 5.97 Å². The molecule has 1 aromatic rings. The van der Waals surface area contributed by atoms with Crippen molar-refractivity contribution in [2.75, 3.05) is 7.11 Å². The smallest absolute Gasteiger partial charge is 0.312 e. The molecule has 1 aliphatic carbocycles. The van der Waals surface area contributed by atoms with E-state index in [1.807, 2.05) is 13.0 Å². The summed E-state index contributed by atoms with van der Waals surface area (Å²) in [5.74, 6) is -11.1. The first kappa shape index (κ1) is 19.4. The van der Waals surface area contributed by atoms with Crippen LogP contribution in [0.3, 0.4) is 0 Å². The summed E-state index contributed by atoms with van der Waals surface area (Å²) >= 11 is 0. The normalized spacial score (nSPS) is 20.0. The van der Waals surface area contributed by atoms with E-state index in [0.717, 1.165) is 12.7 Å². The maximum atomic E-state index is 14.0. The predicted octanol–water partition coefficient (Wildman–Crippen LogP) is 4.85. The first-order valence-corrected chi connectivity index (χ1v) is 7.87. The van der Waals surface area contributed by atoms with Gasteiger partial charge in [0.05, 0.1) is 12.5 Å². The molecule has 2 atom stereocenters. The predicted molar refractivity (Wildman–Crippen MR) is 81.2 cm³/mol. The van der Waals surface area contributed by atoms with Gasteiger partial charge in [0.15, 0.2) is 23.3 Å². The Labute approximate surface area is 142 Å². The van der Waals surface area contributed by atoms with E-state index in [-0.39, 0.29) is 5.92 Å². The summed E-state index contributed by atoms with van der Waals surface area (Å²) in [6.07, 6.45) is 2.99. The van der Waals surface area contributed by atoms with Crippen LogP contribution in [0.5, 0.6) is 0 Å². The molecule has 0 saturated heterocycles. The van der Waals surface area contributed by atoms with Gasteiger partial charge in [-0.2, -0.15) is 0 Å². The zero-order valence-corrected chi connectivity index (χ0v) is 14.2. The lowest BCUT2D eigenvalue weighted by Crippen LogP contribution is -2.40. The van der Waals surface area contributed by atoms with E-state index in [1.165, 1.54) is 6.92 Å². The van der Waals surface area contributed by atoms with Crippen molar-refractivity contribution in [1.82, 2.24) is 0 Å². The minimum atomic E-state index is -2.21. The highest BCUT2D eigenvalue weighted by molar-refractivity contribution is 5.77. The van der Waals surface area contributed by atoms with E-state index in [1.54, 1.807) is 0 Å². The van der Waals surface area contributed by atoms with Crippen molar-refractivity contribution in [1.29, 1.82) is 0 Å². The fourth-order valence-electron chi connectivity index (χ4n) is 3.33. The molecule has 25 heavy (non-hydrogen) atoms. The molecule has 0 heterocycles. The Morgan fingerprint density at radius 3 is 2.08 bits per heavy atom. The largest absolute Gasteiger partial charge is 0.469 e. The molecule has 1 aromatic carbocycles.